The molecule has 0 radical (unpaired) electrons. The second kappa shape index (κ2) is 3.72. The van der Waals surface area contributed by atoms with E-state index in [4.69, 9.17) is 22.1 Å². The fourth-order valence-electron chi connectivity index (χ4n) is 1.54. The summed E-state index contributed by atoms with van der Waals surface area (Å²) < 4.78 is 5.48. The third-order valence-corrected chi connectivity index (χ3v) is 2.48. The number of ether oxygens (including phenoxy) is 1. The number of nitrogens with one attached hydrogen (secondary N) is 1. The third kappa shape index (κ3) is 1.78. The standard InChI is InChI=1S/C10H11ClN2O2/c1-5-2-6(11)3-7-9(5)15-8(4-12)10(14)13-7/h2-3,8H,4,12H2,1H3,(H,13,14). The van der Waals surface area contributed by atoms with E-state index in [1.807, 2.05) is 6.92 Å². The minimum Gasteiger partial charge on any atom is -0.477 e. The van der Waals surface area contributed by atoms with Gasteiger partial charge in [-0.25, -0.2) is 0 Å². The maximum atomic E-state index is 11.5. The Morgan fingerprint density at radius 1 is 1.60 bits per heavy atom. The SMILES string of the molecule is Cc1cc(Cl)cc2c1OC(CN)C(=O)N2. The number of anilines is 1. The molecule has 80 valence electrons. The molecule has 2 rings (SSSR count). The van der Waals surface area contributed by atoms with Crippen molar-refractivity contribution < 1.29 is 9.53 Å². The topological polar surface area (TPSA) is 64.3 Å². The summed E-state index contributed by atoms with van der Waals surface area (Å²) in [5.74, 6) is 0.418. The molecule has 1 heterocycles. The van der Waals surface area contributed by atoms with Gasteiger partial charge in [0, 0.05) is 11.6 Å². The van der Waals surface area contributed by atoms with Crippen LogP contribution in [0, 0.1) is 6.92 Å². The first-order valence-electron chi connectivity index (χ1n) is 4.59. The largest absolute Gasteiger partial charge is 0.477 e. The van der Waals surface area contributed by atoms with Gasteiger partial charge in [0.2, 0.25) is 0 Å². The zero-order chi connectivity index (χ0) is 11.0. The minimum absolute atomic E-state index is 0.160. The number of hydrogen-bond donors (Lipinski definition) is 2. The Morgan fingerprint density at radius 3 is 3.00 bits per heavy atom. The van der Waals surface area contributed by atoms with Crippen molar-refractivity contribution in [2.24, 2.45) is 5.73 Å². The monoisotopic (exact) mass is 226 g/mol. The molecule has 1 aromatic carbocycles. The van der Waals surface area contributed by atoms with Gasteiger partial charge in [-0.3, -0.25) is 4.79 Å². The van der Waals surface area contributed by atoms with E-state index in [0.29, 0.717) is 16.5 Å². The third-order valence-electron chi connectivity index (χ3n) is 2.26. The van der Waals surface area contributed by atoms with Crippen LogP contribution in [0.1, 0.15) is 5.56 Å². The fourth-order valence-corrected chi connectivity index (χ4v) is 1.82. The van der Waals surface area contributed by atoms with Crippen molar-refractivity contribution in [1.82, 2.24) is 0 Å². The first kappa shape index (κ1) is 10.3. The molecule has 0 saturated heterocycles. The second-order valence-corrected chi connectivity index (χ2v) is 3.87. The molecule has 3 N–H and O–H groups in total. The van der Waals surface area contributed by atoms with Crippen LogP contribution in [0.4, 0.5) is 5.69 Å². The molecule has 0 aromatic heterocycles. The molecular weight excluding hydrogens is 216 g/mol. The summed E-state index contributed by atoms with van der Waals surface area (Å²) in [4.78, 5) is 11.5. The van der Waals surface area contributed by atoms with Gasteiger partial charge in [0.1, 0.15) is 5.75 Å². The van der Waals surface area contributed by atoms with Crippen LogP contribution < -0.4 is 15.8 Å². The van der Waals surface area contributed by atoms with Crippen LogP contribution >= 0.6 is 11.6 Å². The van der Waals surface area contributed by atoms with E-state index in [0.717, 1.165) is 5.56 Å². The van der Waals surface area contributed by atoms with Gasteiger partial charge in [-0.15, -0.1) is 0 Å². The smallest absolute Gasteiger partial charge is 0.266 e. The van der Waals surface area contributed by atoms with Crippen molar-refractivity contribution >= 4 is 23.2 Å². The molecule has 1 aliphatic heterocycles. The second-order valence-electron chi connectivity index (χ2n) is 3.43. The lowest BCUT2D eigenvalue weighted by Crippen LogP contribution is -2.42. The minimum atomic E-state index is -0.614. The van der Waals surface area contributed by atoms with Gasteiger partial charge in [-0.05, 0) is 24.6 Å². The van der Waals surface area contributed by atoms with Crippen molar-refractivity contribution in [2.75, 3.05) is 11.9 Å². The van der Waals surface area contributed by atoms with Crippen molar-refractivity contribution in [1.29, 1.82) is 0 Å². The number of nitrogens with two attached hydrogens (primary N) is 1. The number of aryl methyl sites for hydroxylation is 1. The van der Waals surface area contributed by atoms with Gasteiger partial charge in [-0.1, -0.05) is 11.6 Å². The lowest BCUT2D eigenvalue weighted by atomic mass is 10.1. The Balaban J connectivity index is 2.45. The normalized spacial score (nSPS) is 19.1. The molecule has 0 aliphatic carbocycles. The van der Waals surface area contributed by atoms with Crippen molar-refractivity contribution in [2.45, 2.75) is 13.0 Å². The number of carbonyl (C=O) groups excluding carboxylic acids is 1. The molecule has 1 unspecified atom stereocenters. The predicted molar refractivity (Wildman–Crippen MR) is 58.3 cm³/mol. The quantitative estimate of drug-likeness (QED) is 0.759. The van der Waals surface area contributed by atoms with Crippen molar-refractivity contribution in [3.63, 3.8) is 0 Å². The Morgan fingerprint density at radius 2 is 2.33 bits per heavy atom. The molecule has 0 bridgehead atoms. The molecule has 0 fully saturated rings. The van der Waals surface area contributed by atoms with Crippen molar-refractivity contribution in [3.05, 3.63) is 22.7 Å². The number of halogens is 1. The summed E-state index contributed by atoms with van der Waals surface area (Å²) >= 11 is 5.87. The van der Waals surface area contributed by atoms with Crippen LogP contribution in [0.3, 0.4) is 0 Å². The number of benzene rings is 1. The van der Waals surface area contributed by atoms with Crippen LogP contribution in [0.2, 0.25) is 5.02 Å². The first-order valence-corrected chi connectivity index (χ1v) is 4.97. The van der Waals surface area contributed by atoms with E-state index >= 15 is 0 Å². The summed E-state index contributed by atoms with van der Waals surface area (Å²) in [6.45, 7) is 2.03. The number of carbonyl (C=O) groups is 1. The average Bonchev–Trinajstić information content (AvgIpc) is 2.16. The van der Waals surface area contributed by atoms with Gasteiger partial charge in [0.25, 0.3) is 5.91 Å². The van der Waals surface area contributed by atoms with E-state index in [2.05, 4.69) is 5.32 Å². The zero-order valence-corrected chi connectivity index (χ0v) is 8.97. The number of amides is 1. The summed E-state index contributed by atoms with van der Waals surface area (Å²) in [5.41, 5.74) is 6.91. The Kier molecular flexibility index (Phi) is 2.54. The Bertz CT molecular complexity index is 420. The number of fused-ring (bicyclic) bond motifs is 1. The summed E-state index contributed by atoms with van der Waals surface area (Å²) in [6, 6.07) is 3.44. The van der Waals surface area contributed by atoms with Crippen LogP contribution in [-0.2, 0) is 4.79 Å². The van der Waals surface area contributed by atoms with E-state index in [-0.39, 0.29) is 12.5 Å². The Labute approximate surface area is 92.4 Å². The van der Waals surface area contributed by atoms with Crippen LogP contribution in [0.25, 0.3) is 0 Å². The highest BCUT2D eigenvalue weighted by atomic mass is 35.5. The molecule has 5 heteroatoms. The highest BCUT2D eigenvalue weighted by molar-refractivity contribution is 6.31. The van der Waals surface area contributed by atoms with E-state index < -0.39 is 6.10 Å². The summed E-state index contributed by atoms with van der Waals surface area (Å²) in [5, 5.41) is 3.28. The Hall–Kier alpha value is -1.26. The molecule has 1 aliphatic rings. The number of rotatable bonds is 1. The van der Waals surface area contributed by atoms with Gasteiger partial charge in [-0.2, -0.15) is 0 Å². The van der Waals surface area contributed by atoms with Crippen LogP contribution in [-0.4, -0.2) is 18.6 Å². The predicted octanol–water partition coefficient (Wildman–Crippen LogP) is 1.31. The maximum absolute atomic E-state index is 11.5. The van der Waals surface area contributed by atoms with Crippen molar-refractivity contribution in [3.8, 4) is 5.75 Å². The maximum Gasteiger partial charge on any atom is 0.266 e. The van der Waals surface area contributed by atoms with E-state index in [1.54, 1.807) is 12.1 Å². The van der Waals surface area contributed by atoms with E-state index in [9.17, 15) is 4.79 Å². The summed E-state index contributed by atoms with van der Waals surface area (Å²) in [7, 11) is 0. The molecule has 1 atom stereocenters. The molecule has 0 spiro atoms. The molecule has 0 saturated carbocycles. The average molecular weight is 227 g/mol. The molecule has 1 aromatic rings. The molecule has 4 nitrogen and oxygen atoms in total. The molecule has 15 heavy (non-hydrogen) atoms. The lowest BCUT2D eigenvalue weighted by Gasteiger charge is -2.26. The van der Waals surface area contributed by atoms with Gasteiger partial charge in [0.05, 0.1) is 5.69 Å². The lowest BCUT2D eigenvalue weighted by molar-refractivity contribution is -0.123. The first-order chi connectivity index (χ1) is 7.11. The highest BCUT2D eigenvalue weighted by Crippen LogP contribution is 2.35. The molecule has 1 amide bonds. The highest BCUT2D eigenvalue weighted by Gasteiger charge is 2.27. The van der Waals surface area contributed by atoms with Gasteiger partial charge >= 0.3 is 0 Å². The zero-order valence-electron chi connectivity index (χ0n) is 8.21. The van der Waals surface area contributed by atoms with Crippen LogP contribution in [0.5, 0.6) is 5.75 Å². The van der Waals surface area contributed by atoms with Gasteiger partial charge in [0.15, 0.2) is 6.10 Å². The van der Waals surface area contributed by atoms with E-state index in [1.165, 1.54) is 0 Å². The van der Waals surface area contributed by atoms with Crippen LogP contribution in [0.15, 0.2) is 12.1 Å². The number of hydrogen-bond acceptors (Lipinski definition) is 3. The van der Waals surface area contributed by atoms with Gasteiger partial charge < -0.3 is 15.8 Å². The summed E-state index contributed by atoms with van der Waals surface area (Å²) in [6.07, 6.45) is -0.614. The fraction of sp³-hybridized carbons (Fsp3) is 0.300. The molecular formula is C10H11ClN2O2.